The quantitative estimate of drug-likeness (QED) is 0.397. The second kappa shape index (κ2) is 6.23. The Bertz CT molecular complexity index is 288. The van der Waals surface area contributed by atoms with Crippen LogP contribution in [-0.2, 0) is 9.53 Å². The minimum absolute atomic E-state index is 0.491. The van der Waals surface area contributed by atoms with Crippen LogP contribution < -0.4 is 0 Å². The van der Waals surface area contributed by atoms with Crippen molar-refractivity contribution in [2.45, 2.75) is 40.0 Å². The summed E-state index contributed by atoms with van der Waals surface area (Å²) in [4.78, 5) is 11.5. The predicted octanol–water partition coefficient (Wildman–Crippen LogP) is 2.83. The third-order valence-corrected chi connectivity index (χ3v) is 2.61. The first-order chi connectivity index (χ1) is 7.02. The van der Waals surface area contributed by atoms with Crippen molar-refractivity contribution in [2.75, 3.05) is 7.11 Å². The Morgan fingerprint density at radius 3 is 2.60 bits per heavy atom. The van der Waals surface area contributed by atoms with Gasteiger partial charge in [-0.05, 0) is 25.8 Å². The number of unbranched alkanes of at least 4 members (excludes halogenated alkanes) is 2. The molecule has 0 aromatic rings. The minimum atomic E-state index is -1.14. The number of methoxy groups -OCH3 is 1. The van der Waals surface area contributed by atoms with E-state index >= 15 is 0 Å². The smallest absolute Gasteiger partial charge is 0.330 e. The second-order valence-electron chi connectivity index (χ2n) is 3.76. The zero-order chi connectivity index (χ0) is 11.9. The molecule has 3 nitrogen and oxygen atoms in total. The van der Waals surface area contributed by atoms with Crippen LogP contribution in [0.4, 0.5) is 0 Å². The molecule has 0 saturated heterocycles. The molecule has 0 aromatic carbocycles. The number of hydrogen-bond donors (Lipinski definition) is 0. The van der Waals surface area contributed by atoms with E-state index in [-0.39, 0.29) is 0 Å². The lowest BCUT2D eigenvalue weighted by molar-refractivity contribution is -0.146. The van der Waals surface area contributed by atoms with Gasteiger partial charge in [0.05, 0.1) is 13.2 Å². The Morgan fingerprint density at radius 2 is 2.20 bits per heavy atom. The molecule has 84 valence electrons. The molecule has 0 saturated carbocycles. The number of nitrogens with zero attached hydrogens (tertiary/aromatic N) is 1. The van der Waals surface area contributed by atoms with Gasteiger partial charge in [-0.3, -0.25) is 0 Å². The largest absolute Gasteiger partial charge is 0.468 e. The normalized spacial score (nSPS) is 15.3. The van der Waals surface area contributed by atoms with E-state index in [9.17, 15) is 4.79 Å². The highest BCUT2D eigenvalue weighted by atomic mass is 16.5. The zero-order valence-corrected chi connectivity index (χ0v) is 9.96. The summed E-state index contributed by atoms with van der Waals surface area (Å²) < 4.78 is 4.63. The van der Waals surface area contributed by atoms with Crippen LogP contribution in [0.15, 0.2) is 11.6 Å². The molecule has 0 amide bonds. The van der Waals surface area contributed by atoms with E-state index in [1.807, 2.05) is 12.1 Å². The van der Waals surface area contributed by atoms with Crippen LogP contribution in [0.25, 0.3) is 0 Å². The van der Waals surface area contributed by atoms with Crippen molar-refractivity contribution in [2.24, 2.45) is 5.41 Å². The Balaban J connectivity index is 4.74. The number of rotatable bonds is 5. The third kappa shape index (κ3) is 3.39. The van der Waals surface area contributed by atoms with Gasteiger partial charge in [-0.2, -0.15) is 5.26 Å². The molecule has 0 radical (unpaired) electrons. The number of ether oxygens (including phenoxy) is 1. The fraction of sp³-hybridized carbons (Fsp3) is 0.667. The molecule has 0 bridgehead atoms. The molecule has 0 rings (SSSR count). The van der Waals surface area contributed by atoms with E-state index in [2.05, 4.69) is 11.7 Å². The lowest BCUT2D eigenvalue weighted by Gasteiger charge is -2.19. The standard InChI is InChI=1S/C12H19NO2/c1-5-6-7-8-10(2)12(3,9-13)11(14)15-4/h8H,5-7H2,1-4H3/b10-8+/t12-/m1/s1. The van der Waals surface area contributed by atoms with Gasteiger partial charge in [-0.1, -0.05) is 25.8 Å². The van der Waals surface area contributed by atoms with Crippen LogP contribution in [0, 0.1) is 16.7 Å². The van der Waals surface area contributed by atoms with E-state index < -0.39 is 11.4 Å². The highest BCUT2D eigenvalue weighted by Gasteiger charge is 2.36. The number of nitriles is 1. The molecule has 0 N–H and O–H groups in total. The molecule has 0 aliphatic heterocycles. The van der Waals surface area contributed by atoms with Crippen LogP contribution >= 0.6 is 0 Å². The summed E-state index contributed by atoms with van der Waals surface area (Å²) >= 11 is 0. The van der Waals surface area contributed by atoms with Gasteiger partial charge in [0.25, 0.3) is 0 Å². The number of hydrogen-bond acceptors (Lipinski definition) is 3. The van der Waals surface area contributed by atoms with E-state index in [0.29, 0.717) is 0 Å². The van der Waals surface area contributed by atoms with Crippen LogP contribution in [0.2, 0.25) is 0 Å². The highest BCUT2D eigenvalue weighted by molar-refractivity contribution is 5.83. The van der Waals surface area contributed by atoms with E-state index in [0.717, 1.165) is 24.8 Å². The number of allylic oxidation sites excluding steroid dienone is 1. The fourth-order valence-corrected chi connectivity index (χ4v) is 1.23. The molecular weight excluding hydrogens is 190 g/mol. The molecule has 1 atom stereocenters. The van der Waals surface area contributed by atoms with Gasteiger partial charge < -0.3 is 4.74 Å². The lowest BCUT2D eigenvalue weighted by atomic mass is 9.84. The summed E-state index contributed by atoms with van der Waals surface area (Å²) in [5.74, 6) is -0.491. The first-order valence-corrected chi connectivity index (χ1v) is 5.19. The Labute approximate surface area is 91.7 Å². The number of carbonyl (C=O) groups excluding carboxylic acids is 1. The molecule has 0 unspecified atom stereocenters. The Kier molecular flexibility index (Phi) is 5.69. The van der Waals surface area contributed by atoms with E-state index in [4.69, 9.17) is 5.26 Å². The summed E-state index contributed by atoms with van der Waals surface area (Å²) in [6.45, 7) is 5.50. The van der Waals surface area contributed by atoms with E-state index in [1.165, 1.54) is 7.11 Å². The van der Waals surface area contributed by atoms with Crippen LogP contribution in [-0.4, -0.2) is 13.1 Å². The lowest BCUT2D eigenvalue weighted by Crippen LogP contribution is -2.28. The number of carbonyl (C=O) groups is 1. The second-order valence-corrected chi connectivity index (χ2v) is 3.76. The van der Waals surface area contributed by atoms with Gasteiger partial charge in [-0.15, -0.1) is 0 Å². The first-order valence-electron chi connectivity index (χ1n) is 5.19. The van der Waals surface area contributed by atoms with Crippen molar-refractivity contribution in [1.82, 2.24) is 0 Å². The summed E-state index contributed by atoms with van der Waals surface area (Å²) in [5, 5.41) is 9.02. The van der Waals surface area contributed by atoms with Crippen molar-refractivity contribution in [3.63, 3.8) is 0 Å². The molecular formula is C12H19NO2. The predicted molar refractivity (Wildman–Crippen MR) is 59.0 cm³/mol. The van der Waals surface area contributed by atoms with Crippen molar-refractivity contribution in [3.05, 3.63) is 11.6 Å². The van der Waals surface area contributed by atoms with Gasteiger partial charge >= 0.3 is 5.97 Å². The minimum Gasteiger partial charge on any atom is -0.468 e. The van der Waals surface area contributed by atoms with E-state index in [1.54, 1.807) is 13.8 Å². The van der Waals surface area contributed by atoms with Gasteiger partial charge in [0.1, 0.15) is 0 Å². The average Bonchev–Trinajstić information content (AvgIpc) is 2.26. The highest BCUT2D eigenvalue weighted by Crippen LogP contribution is 2.27. The summed E-state index contributed by atoms with van der Waals surface area (Å²) in [7, 11) is 1.30. The SMILES string of the molecule is CCCC/C=C(\C)[C@@](C)(C#N)C(=O)OC. The van der Waals surface area contributed by atoms with Gasteiger partial charge in [0, 0.05) is 0 Å². The maximum absolute atomic E-state index is 11.5. The van der Waals surface area contributed by atoms with Crippen LogP contribution in [0.3, 0.4) is 0 Å². The molecule has 3 heteroatoms. The van der Waals surface area contributed by atoms with Crippen molar-refractivity contribution >= 4 is 5.97 Å². The monoisotopic (exact) mass is 209 g/mol. The van der Waals surface area contributed by atoms with Crippen molar-refractivity contribution < 1.29 is 9.53 Å². The maximum atomic E-state index is 11.5. The van der Waals surface area contributed by atoms with Gasteiger partial charge in [0.2, 0.25) is 0 Å². The molecule has 0 fully saturated rings. The van der Waals surface area contributed by atoms with Crippen molar-refractivity contribution in [3.8, 4) is 6.07 Å². The maximum Gasteiger partial charge on any atom is 0.330 e. The summed E-state index contributed by atoms with van der Waals surface area (Å²) in [6.07, 6.45) is 5.02. The Morgan fingerprint density at radius 1 is 1.60 bits per heavy atom. The van der Waals surface area contributed by atoms with Gasteiger partial charge in [-0.25, -0.2) is 4.79 Å². The topological polar surface area (TPSA) is 50.1 Å². The molecule has 0 spiro atoms. The van der Waals surface area contributed by atoms with Crippen LogP contribution in [0.5, 0.6) is 0 Å². The molecule has 0 aromatic heterocycles. The molecule has 0 aliphatic rings. The van der Waals surface area contributed by atoms with Gasteiger partial charge in [0.15, 0.2) is 5.41 Å². The zero-order valence-electron chi connectivity index (χ0n) is 9.96. The summed E-state index contributed by atoms with van der Waals surface area (Å²) in [5.41, 5.74) is -0.368. The number of esters is 1. The van der Waals surface area contributed by atoms with Crippen molar-refractivity contribution in [1.29, 1.82) is 5.26 Å². The molecule has 0 heterocycles. The average molecular weight is 209 g/mol. The molecule has 15 heavy (non-hydrogen) atoms. The molecule has 0 aliphatic carbocycles. The third-order valence-electron chi connectivity index (χ3n) is 2.61. The first kappa shape index (κ1) is 13.7. The fourth-order valence-electron chi connectivity index (χ4n) is 1.23. The Hall–Kier alpha value is -1.30. The summed E-state index contributed by atoms with van der Waals surface area (Å²) in [6, 6.07) is 2.01. The van der Waals surface area contributed by atoms with Crippen LogP contribution in [0.1, 0.15) is 40.0 Å².